The molecule has 0 bridgehead atoms. The quantitative estimate of drug-likeness (QED) is 0.387. The molecule has 0 aromatic carbocycles. The van der Waals surface area contributed by atoms with Crippen LogP contribution in [0.2, 0.25) is 0 Å². The van der Waals surface area contributed by atoms with Crippen LogP contribution in [0, 0.1) is 0 Å². The predicted molar refractivity (Wildman–Crippen MR) is 112 cm³/mol. The highest BCUT2D eigenvalue weighted by atomic mass is 15.3. The summed E-state index contributed by atoms with van der Waals surface area (Å²) in [6.45, 7) is 17.3. The number of hydrogen-bond donors (Lipinski definition) is 2. The lowest BCUT2D eigenvalue weighted by atomic mass is 10.0. The molecule has 0 aromatic heterocycles. The normalized spacial score (nSPS) is 25.2. The molecular formula is C20H42N6. The minimum absolute atomic E-state index is 0.543. The van der Waals surface area contributed by atoms with E-state index in [4.69, 9.17) is 0 Å². The van der Waals surface area contributed by atoms with Crippen LogP contribution < -0.4 is 10.6 Å². The van der Waals surface area contributed by atoms with Crippen molar-refractivity contribution in [2.24, 2.45) is 4.99 Å². The number of nitrogens with one attached hydrogen (secondary N) is 2. The van der Waals surface area contributed by atoms with Crippen molar-refractivity contribution in [1.29, 1.82) is 0 Å². The standard InChI is InChI=1S/C20H42N6/c1-5-24-13-15-26(16-14-24)19(3)17-23-20(21-4)22-10-8-12-25-11-7-6-9-18(25)2/h18-19H,5-17H2,1-4H3,(H2,21,22,23). The van der Waals surface area contributed by atoms with Gasteiger partial charge in [0.05, 0.1) is 0 Å². The zero-order chi connectivity index (χ0) is 18.8. The SMILES string of the molecule is CCN1CCN(C(C)CNC(=NC)NCCCN2CCCCC2C)CC1. The van der Waals surface area contributed by atoms with Crippen LogP contribution in [0.5, 0.6) is 0 Å². The van der Waals surface area contributed by atoms with Crippen molar-refractivity contribution in [2.45, 2.75) is 58.5 Å². The summed E-state index contributed by atoms with van der Waals surface area (Å²) >= 11 is 0. The summed E-state index contributed by atoms with van der Waals surface area (Å²) in [6, 6.07) is 1.30. The lowest BCUT2D eigenvalue weighted by molar-refractivity contribution is 0.107. The van der Waals surface area contributed by atoms with Crippen molar-refractivity contribution in [3.8, 4) is 0 Å². The number of piperazine rings is 1. The second-order valence-electron chi connectivity index (χ2n) is 7.93. The summed E-state index contributed by atoms with van der Waals surface area (Å²) in [7, 11) is 1.87. The fourth-order valence-corrected chi connectivity index (χ4v) is 4.09. The Bertz CT molecular complexity index is 405. The van der Waals surface area contributed by atoms with Crippen LogP contribution in [0.15, 0.2) is 4.99 Å². The van der Waals surface area contributed by atoms with E-state index in [2.05, 4.69) is 51.1 Å². The van der Waals surface area contributed by atoms with Crippen molar-refractivity contribution in [3.05, 3.63) is 0 Å². The number of piperidine rings is 1. The molecule has 6 nitrogen and oxygen atoms in total. The fraction of sp³-hybridized carbons (Fsp3) is 0.950. The molecule has 6 heteroatoms. The Morgan fingerprint density at radius 1 is 1.12 bits per heavy atom. The molecule has 2 aliphatic heterocycles. The molecule has 152 valence electrons. The van der Waals surface area contributed by atoms with Gasteiger partial charge in [-0.3, -0.25) is 9.89 Å². The molecule has 2 rings (SSSR count). The molecule has 0 aromatic rings. The Balaban J connectivity index is 1.58. The van der Waals surface area contributed by atoms with Crippen LogP contribution in [0.1, 0.15) is 46.5 Å². The first kappa shape index (κ1) is 21.5. The van der Waals surface area contributed by atoms with Gasteiger partial charge in [-0.25, -0.2) is 0 Å². The Morgan fingerprint density at radius 3 is 2.54 bits per heavy atom. The van der Waals surface area contributed by atoms with Gasteiger partial charge < -0.3 is 20.4 Å². The Hall–Kier alpha value is -0.850. The van der Waals surface area contributed by atoms with Crippen LogP contribution in [-0.2, 0) is 0 Å². The summed E-state index contributed by atoms with van der Waals surface area (Å²) in [5.41, 5.74) is 0. The summed E-state index contributed by atoms with van der Waals surface area (Å²) in [5, 5.41) is 6.99. The van der Waals surface area contributed by atoms with E-state index in [1.807, 2.05) is 7.05 Å². The lowest BCUT2D eigenvalue weighted by Crippen LogP contribution is -2.53. The van der Waals surface area contributed by atoms with Gasteiger partial charge in [0.1, 0.15) is 0 Å². The van der Waals surface area contributed by atoms with Gasteiger partial charge in [0.15, 0.2) is 5.96 Å². The highest BCUT2D eigenvalue weighted by molar-refractivity contribution is 5.79. The maximum absolute atomic E-state index is 4.38. The summed E-state index contributed by atoms with van der Waals surface area (Å²) in [6.07, 6.45) is 5.31. The molecule has 2 atom stereocenters. The third-order valence-electron chi connectivity index (χ3n) is 6.12. The van der Waals surface area contributed by atoms with E-state index < -0.39 is 0 Å². The number of likely N-dealkylation sites (tertiary alicyclic amines) is 1. The lowest BCUT2D eigenvalue weighted by Gasteiger charge is -2.37. The molecule has 0 radical (unpaired) electrons. The first-order valence-electron chi connectivity index (χ1n) is 10.8. The number of aliphatic imine (C=N–C) groups is 1. The first-order valence-corrected chi connectivity index (χ1v) is 10.8. The molecule has 26 heavy (non-hydrogen) atoms. The van der Waals surface area contributed by atoms with Crippen LogP contribution in [0.3, 0.4) is 0 Å². The molecule has 0 amide bonds. The van der Waals surface area contributed by atoms with E-state index in [0.29, 0.717) is 6.04 Å². The van der Waals surface area contributed by atoms with Gasteiger partial charge in [-0.15, -0.1) is 0 Å². The van der Waals surface area contributed by atoms with Crippen LogP contribution in [0.4, 0.5) is 0 Å². The van der Waals surface area contributed by atoms with Crippen molar-refractivity contribution in [3.63, 3.8) is 0 Å². The van der Waals surface area contributed by atoms with Crippen molar-refractivity contribution >= 4 is 5.96 Å². The van der Waals surface area contributed by atoms with E-state index in [9.17, 15) is 0 Å². The molecule has 0 spiro atoms. The van der Waals surface area contributed by atoms with Gasteiger partial charge >= 0.3 is 0 Å². The third kappa shape index (κ3) is 7.05. The second-order valence-corrected chi connectivity index (χ2v) is 7.93. The molecule has 2 heterocycles. The van der Waals surface area contributed by atoms with Crippen LogP contribution in [-0.4, -0.2) is 98.7 Å². The molecule has 0 aliphatic carbocycles. The van der Waals surface area contributed by atoms with E-state index >= 15 is 0 Å². The number of rotatable bonds is 8. The van der Waals surface area contributed by atoms with Gasteiger partial charge in [0, 0.05) is 64.9 Å². The van der Waals surface area contributed by atoms with E-state index in [1.54, 1.807) is 0 Å². The maximum atomic E-state index is 4.38. The van der Waals surface area contributed by atoms with Gasteiger partial charge in [-0.1, -0.05) is 13.3 Å². The van der Waals surface area contributed by atoms with Crippen LogP contribution in [0.25, 0.3) is 0 Å². The zero-order valence-electron chi connectivity index (χ0n) is 17.6. The van der Waals surface area contributed by atoms with Crippen molar-refractivity contribution < 1.29 is 0 Å². The average molecular weight is 367 g/mol. The summed E-state index contributed by atoms with van der Waals surface area (Å²) in [5.74, 6) is 0.940. The predicted octanol–water partition coefficient (Wildman–Crippen LogP) is 1.44. The van der Waals surface area contributed by atoms with Crippen molar-refractivity contribution in [2.75, 3.05) is 66.0 Å². The minimum atomic E-state index is 0.543. The third-order valence-corrected chi connectivity index (χ3v) is 6.12. The highest BCUT2D eigenvalue weighted by Gasteiger charge is 2.20. The molecule has 2 aliphatic rings. The molecule has 2 unspecified atom stereocenters. The molecular weight excluding hydrogens is 324 g/mol. The fourth-order valence-electron chi connectivity index (χ4n) is 4.09. The van der Waals surface area contributed by atoms with Gasteiger partial charge in [0.2, 0.25) is 0 Å². The largest absolute Gasteiger partial charge is 0.356 e. The minimum Gasteiger partial charge on any atom is -0.356 e. The smallest absolute Gasteiger partial charge is 0.191 e. The van der Waals surface area contributed by atoms with Gasteiger partial charge in [0.25, 0.3) is 0 Å². The number of nitrogens with zero attached hydrogens (tertiary/aromatic N) is 4. The maximum Gasteiger partial charge on any atom is 0.191 e. The Morgan fingerprint density at radius 2 is 1.88 bits per heavy atom. The number of hydrogen-bond acceptors (Lipinski definition) is 4. The molecule has 2 saturated heterocycles. The molecule has 0 saturated carbocycles. The monoisotopic (exact) mass is 366 g/mol. The van der Waals surface area contributed by atoms with E-state index in [0.717, 1.165) is 25.1 Å². The van der Waals surface area contributed by atoms with Gasteiger partial charge in [-0.2, -0.15) is 0 Å². The zero-order valence-corrected chi connectivity index (χ0v) is 17.6. The first-order chi connectivity index (χ1) is 12.6. The van der Waals surface area contributed by atoms with E-state index in [-0.39, 0.29) is 0 Å². The number of guanidine groups is 1. The average Bonchev–Trinajstić information content (AvgIpc) is 2.68. The summed E-state index contributed by atoms with van der Waals surface area (Å²) in [4.78, 5) is 12.1. The highest BCUT2D eigenvalue weighted by Crippen LogP contribution is 2.16. The number of likely N-dealkylation sites (N-methyl/N-ethyl adjacent to an activating group) is 1. The van der Waals surface area contributed by atoms with Crippen molar-refractivity contribution in [1.82, 2.24) is 25.3 Å². The summed E-state index contributed by atoms with van der Waals surface area (Å²) < 4.78 is 0. The second kappa shape index (κ2) is 11.8. The molecule has 2 N–H and O–H groups in total. The van der Waals surface area contributed by atoms with E-state index in [1.165, 1.54) is 71.5 Å². The molecule has 2 fully saturated rings. The van der Waals surface area contributed by atoms with Gasteiger partial charge in [-0.05, 0) is 46.2 Å². The Kier molecular flexibility index (Phi) is 9.72. The Labute approximate surface area is 161 Å². The van der Waals surface area contributed by atoms with Crippen LogP contribution >= 0.6 is 0 Å². The topological polar surface area (TPSA) is 46.1 Å².